The summed E-state index contributed by atoms with van der Waals surface area (Å²) >= 11 is 0. The smallest absolute Gasteiger partial charge is 0.433 e. The number of nitrogens with one attached hydrogen (secondary N) is 1. The lowest BCUT2D eigenvalue weighted by Crippen LogP contribution is -2.46. The molecule has 2 aromatic heterocycles. The molecule has 1 aliphatic carbocycles. The molecule has 1 atom stereocenters. The number of piperidine rings is 1. The van der Waals surface area contributed by atoms with E-state index in [0.29, 0.717) is 41.2 Å². The Hall–Kier alpha value is -3.60. The highest BCUT2D eigenvalue weighted by molar-refractivity contribution is 5.96. The lowest BCUT2D eigenvalue weighted by Gasteiger charge is -2.36. The number of fused-ring (bicyclic) bond motifs is 1. The largest absolute Gasteiger partial charge is 0.494 e. The van der Waals surface area contributed by atoms with Gasteiger partial charge in [0.05, 0.1) is 18.8 Å². The second-order valence-electron chi connectivity index (χ2n) is 10.3. The molecule has 39 heavy (non-hydrogen) atoms. The number of nitrogens with zero attached hydrogens (tertiary/aromatic N) is 3. The van der Waals surface area contributed by atoms with Crippen molar-refractivity contribution in [2.75, 3.05) is 20.2 Å². The lowest BCUT2D eigenvalue weighted by atomic mass is 9.84. The topological polar surface area (TPSA) is 107 Å². The number of rotatable bonds is 7. The molecule has 3 heterocycles. The van der Waals surface area contributed by atoms with Crippen molar-refractivity contribution in [3.8, 4) is 17.2 Å². The average molecular weight is 544 g/mol. The van der Waals surface area contributed by atoms with E-state index in [9.17, 15) is 18.0 Å². The number of nitrogens with two attached hydrogens (primary N) is 1. The number of carbonyl (C=O) groups is 1. The third-order valence-corrected chi connectivity index (χ3v) is 7.60. The van der Waals surface area contributed by atoms with Crippen LogP contribution in [0.1, 0.15) is 62.2 Å². The summed E-state index contributed by atoms with van der Waals surface area (Å²) in [4.78, 5) is 23.0. The van der Waals surface area contributed by atoms with Gasteiger partial charge in [0.15, 0.2) is 5.76 Å². The fraction of sp³-hybridized carbons (Fsp3) is 0.464. The molecule has 5 rings (SSSR count). The number of pyridine rings is 1. The summed E-state index contributed by atoms with van der Waals surface area (Å²) in [6, 6.07) is 5.11. The van der Waals surface area contributed by atoms with Crippen molar-refractivity contribution < 1.29 is 27.1 Å². The molecule has 1 aliphatic heterocycles. The van der Waals surface area contributed by atoms with Crippen LogP contribution in [0.15, 0.2) is 35.3 Å². The van der Waals surface area contributed by atoms with Gasteiger partial charge in [0.25, 0.3) is 0 Å². The second kappa shape index (κ2) is 10.5. The molecule has 1 aromatic carbocycles. The van der Waals surface area contributed by atoms with Gasteiger partial charge in [-0.05, 0) is 56.9 Å². The molecule has 1 saturated carbocycles. The number of amides is 1. The summed E-state index contributed by atoms with van der Waals surface area (Å²) in [5.74, 6) is 1.15. The number of halogens is 3. The zero-order chi connectivity index (χ0) is 27.9. The van der Waals surface area contributed by atoms with E-state index in [2.05, 4.69) is 21.8 Å². The number of carbonyl (C=O) groups excluding carboxylic acids is 1. The summed E-state index contributed by atoms with van der Waals surface area (Å²) in [6.07, 6.45) is 0.0320. The Bertz CT molecular complexity index is 1390. The Balaban J connectivity index is 1.41. The van der Waals surface area contributed by atoms with Crippen LogP contribution >= 0.6 is 0 Å². The van der Waals surface area contributed by atoms with E-state index >= 15 is 0 Å². The summed E-state index contributed by atoms with van der Waals surface area (Å²) in [7, 11) is 1.37. The Kier molecular flexibility index (Phi) is 7.28. The maximum Gasteiger partial charge on any atom is 0.433 e. The highest BCUT2D eigenvalue weighted by Crippen LogP contribution is 2.38. The fourth-order valence-corrected chi connectivity index (χ4v) is 5.10. The van der Waals surface area contributed by atoms with Gasteiger partial charge >= 0.3 is 6.18 Å². The molecule has 0 unspecified atom stereocenters. The molecule has 0 spiro atoms. The zero-order valence-electron chi connectivity index (χ0n) is 22.0. The van der Waals surface area contributed by atoms with Crippen LogP contribution in [0.25, 0.3) is 28.1 Å². The summed E-state index contributed by atoms with van der Waals surface area (Å²) in [6.45, 7) is 7.41. The molecule has 1 saturated heterocycles. The van der Waals surface area contributed by atoms with Gasteiger partial charge in [-0.1, -0.05) is 13.0 Å². The van der Waals surface area contributed by atoms with Crippen molar-refractivity contribution in [3.05, 3.63) is 48.0 Å². The maximum atomic E-state index is 13.3. The lowest BCUT2D eigenvalue weighted by molar-refractivity contribution is -0.141. The van der Waals surface area contributed by atoms with Gasteiger partial charge in [-0.2, -0.15) is 13.2 Å². The van der Waals surface area contributed by atoms with Gasteiger partial charge in [-0.25, -0.2) is 9.97 Å². The number of benzene rings is 1. The van der Waals surface area contributed by atoms with Gasteiger partial charge in [0.2, 0.25) is 11.8 Å². The quantitative estimate of drug-likeness (QED) is 0.417. The monoisotopic (exact) mass is 543 g/mol. The van der Waals surface area contributed by atoms with Crippen LogP contribution in [0.3, 0.4) is 0 Å². The van der Waals surface area contributed by atoms with Crippen molar-refractivity contribution in [2.24, 2.45) is 11.7 Å². The zero-order valence-corrected chi connectivity index (χ0v) is 22.0. The van der Waals surface area contributed by atoms with E-state index in [1.165, 1.54) is 19.2 Å². The predicted molar refractivity (Wildman–Crippen MR) is 141 cm³/mol. The first kappa shape index (κ1) is 27.0. The van der Waals surface area contributed by atoms with Crippen LogP contribution in [-0.2, 0) is 11.0 Å². The Morgan fingerprint density at radius 1 is 1.18 bits per heavy atom. The molecular formula is C28H32F3N5O3. The number of oxazole rings is 1. The summed E-state index contributed by atoms with van der Waals surface area (Å²) in [5.41, 5.74) is 6.87. The highest BCUT2D eigenvalue weighted by Gasteiger charge is 2.34. The first-order chi connectivity index (χ1) is 18.6. The Morgan fingerprint density at radius 3 is 2.49 bits per heavy atom. The first-order valence-electron chi connectivity index (χ1n) is 13.1. The van der Waals surface area contributed by atoms with Gasteiger partial charge in [0.1, 0.15) is 22.7 Å². The Morgan fingerprint density at radius 2 is 1.90 bits per heavy atom. The minimum Gasteiger partial charge on any atom is -0.494 e. The molecule has 2 fully saturated rings. The molecule has 3 N–H and O–H groups in total. The number of hydrogen-bond acceptors (Lipinski definition) is 7. The number of aromatic nitrogens is 2. The molecule has 8 nitrogen and oxygen atoms in total. The van der Waals surface area contributed by atoms with Crippen molar-refractivity contribution in [1.82, 2.24) is 20.2 Å². The van der Waals surface area contributed by atoms with Gasteiger partial charge in [0, 0.05) is 36.0 Å². The number of ether oxygens (including phenoxy) is 1. The minimum atomic E-state index is -4.60. The SMILES string of the molecule is C=C(c1nc(-c2ccc(OC)c3nc(C(F)(F)F)ccc23)oc1[C@H](C)N)N1CCC(NC(=O)C2CCC2)CC1. The molecule has 1 amide bonds. The van der Waals surface area contributed by atoms with Gasteiger partial charge < -0.3 is 25.1 Å². The third-order valence-electron chi connectivity index (χ3n) is 7.60. The van der Waals surface area contributed by atoms with Crippen molar-refractivity contribution in [1.29, 1.82) is 0 Å². The molecule has 2 aliphatic rings. The third kappa shape index (κ3) is 5.32. The minimum absolute atomic E-state index is 0.0526. The van der Waals surface area contributed by atoms with Crippen LogP contribution in [0.4, 0.5) is 13.2 Å². The molecule has 11 heteroatoms. The first-order valence-corrected chi connectivity index (χ1v) is 13.1. The van der Waals surface area contributed by atoms with Crippen LogP contribution < -0.4 is 15.8 Å². The standard InChI is InChI=1S/C28H32F3N5O3/c1-15(32)25-23(16(2)36-13-11-18(12-14-36)33-26(37)17-5-4-6-17)35-27(39-25)20-7-9-21(38-3)24-19(20)8-10-22(34-24)28(29,30)31/h7-10,15,17-18H,2,4-6,11-14,32H2,1,3H3,(H,33,37)/t15-/m0/s1. The number of alkyl halides is 3. The van der Waals surface area contributed by atoms with E-state index in [4.69, 9.17) is 19.9 Å². The van der Waals surface area contributed by atoms with Crippen LogP contribution in [-0.4, -0.2) is 47.0 Å². The molecular weight excluding hydrogens is 511 g/mol. The van der Waals surface area contributed by atoms with E-state index in [0.717, 1.165) is 38.2 Å². The normalized spacial score (nSPS) is 17.6. The van der Waals surface area contributed by atoms with Gasteiger partial charge in [-0.15, -0.1) is 0 Å². The number of likely N-dealkylation sites (tertiary alicyclic amines) is 1. The Labute approximate surface area is 224 Å². The van der Waals surface area contributed by atoms with E-state index in [1.807, 2.05) is 0 Å². The van der Waals surface area contributed by atoms with Crippen molar-refractivity contribution in [2.45, 2.75) is 57.3 Å². The summed E-state index contributed by atoms with van der Waals surface area (Å²) in [5, 5.41) is 3.58. The predicted octanol–water partition coefficient (Wildman–Crippen LogP) is 5.29. The number of hydrogen-bond donors (Lipinski definition) is 2. The molecule has 0 bridgehead atoms. The molecule has 208 valence electrons. The van der Waals surface area contributed by atoms with E-state index in [-0.39, 0.29) is 35.0 Å². The van der Waals surface area contributed by atoms with Crippen LogP contribution in [0.2, 0.25) is 0 Å². The average Bonchev–Trinajstić information content (AvgIpc) is 3.32. The molecule has 3 aromatic rings. The maximum absolute atomic E-state index is 13.3. The summed E-state index contributed by atoms with van der Waals surface area (Å²) < 4.78 is 51.4. The fourth-order valence-electron chi connectivity index (χ4n) is 5.10. The van der Waals surface area contributed by atoms with Crippen LogP contribution in [0.5, 0.6) is 5.75 Å². The van der Waals surface area contributed by atoms with Gasteiger partial charge in [-0.3, -0.25) is 4.79 Å². The number of methoxy groups -OCH3 is 1. The van der Waals surface area contributed by atoms with Crippen molar-refractivity contribution >= 4 is 22.5 Å². The van der Waals surface area contributed by atoms with Crippen molar-refractivity contribution in [3.63, 3.8) is 0 Å². The second-order valence-corrected chi connectivity index (χ2v) is 10.3. The van der Waals surface area contributed by atoms with Crippen LogP contribution in [0, 0.1) is 5.92 Å². The molecule has 0 radical (unpaired) electrons. The van der Waals surface area contributed by atoms with E-state index < -0.39 is 17.9 Å². The van der Waals surface area contributed by atoms with E-state index in [1.54, 1.807) is 13.0 Å². The highest BCUT2D eigenvalue weighted by atomic mass is 19.4.